The van der Waals surface area contributed by atoms with Gasteiger partial charge in [0.05, 0.1) is 30.2 Å². The van der Waals surface area contributed by atoms with Gasteiger partial charge in [0.2, 0.25) is 11.8 Å². The van der Waals surface area contributed by atoms with E-state index in [4.69, 9.17) is 4.74 Å². The van der Waals surface area contributed by atoms with Crippen molar-refractivity contribution in [1.82, 2.24) is 10.2 Å². The lowest BCUT2D eigenvalue weighted by molar-refractivity contribution is -0.148. The highest BCUT2D eigenvalue weighted by Crippen LogP contribution is 2.19. The molecule has 2 rings (SSSR count). The molecule has 0 aromatic heterocycles. The van der Waals surface area contributed by atoms with Crippen molar-refractivity contribution in [3.8, 4) is 0 Å². The Balaban J connectivity index is 2.04. The number of rotatable bonds is 7. The van der Waals surface area contributed by atoms with Gasteiger partial charge in [0.15, 0.2) is 0 Å². The van der Waals surface area contributed by atoms with Crippen molar-refractivity contribution < 1.29 is 19.1 Å². The highest BCUT2D eigenvalue weighted by atomic mass is 32.2. The van der Waals surface area contributed by atoms with Gasteiger partial charge in [-0.3, -0.25) is 14.4 Å². The van der Waals surface area contributed by atoms with Crippen LogP contribution in [0.5, 0.6) is 0 Å². The number of aryl methyl sites for hydroxylation is 1. The van der Waals surface area contributed by atoms with Crippen LogP contribution >= 0.6 is 11.8 Å². The van der Waals surface area contributed by atoms with Crippen molar-refractivity contribution in [2.24, 2.45) is 0 Å². The van der Waals surface area contributed by atoms with Gasteiger partial charge in [-0.25, -0.2) is 0 Å². The van der Waals surface area contributed by atoms with Gasteiger partial charge in [0.25, 0.3) is 0 Å². The van der Waals surface area contributed by atoms with Crippen LogP contribution in [0.1, 0.15) is 37.4 Å². The van der Waals surface area contributed by atoms with Crippen molar-refractivity contribution >= 4 is 29.5 Å². The number of carbonyl (C=O) groups excluding carboxylic acids is 3. The summed E-state index contributed by atoms with van der Waals surface area (Å²) in [7, 11) is 0. The van der Waals surface area contributed by atoms with E-state index in [1.165, 1.54) is 16.7 Å². The van der Waals surface area contributed by atoms with Crippen LogP contribution in [0, 0.1) is 6.92 Å². The number of nitrogens with zero attached hydrogens (tertiary/aromatic N) is 1. The standard InChI is InChI=1S/C18H24N2O4S/c1-12(2)24-18(23)8-15(14-6-4-13(3)5-7-14)19-16(21)9-20-11-25-10-17(20)22/h4-7,12,15H,8-11H2,1-3H3,(H,19,21). The first kappa shape index (κ1) is 19.3. The van der Waals surface area contributed by atoms with Gasteiger partial charge in [-0.05, 0) is 26.3 Å². The largest absolute Gasteiger partial charge is 0.463 e. The molecule has 1 aromatic rings. The van der Waals surface area contributed by atoms with Crippen molar-refractivity contribution in [3.63, 3.8) is 0 Å². The summed E-state index contributed by atoms with van der Waals surface area (Å²) in [6, 6.07) is 7.16. The van der Waals surface area contributed by atoms with Crippen LogP contribution in [0.2, 0.25) is 0 Å². The number of carbonyl (C=O) groups is 3. The third-order valence-electron chi connectivity index (χ3n) is 3.71. The minimum absolute atomic E-state index is 0.00736. The van der Waals surface area contributed by atoms with Gasteiger partial charge in [-0.15, -0.1) is 11.8 Å². The lowest BCUT2D eigenvalue weighted by Crippen LogP contribution is -2.40. The Kier molecular flexibility index (Phi) is 6.87. The van der Waals surface area contributed by atoms with Gasteiger partial charge < -0.3 is 15.0 Å². The molecule has 1 N–H and O–H groups in total. The SMILES string of the molecule is Cc1ccc(C(CC(=O)OC(C)C)NC(=O)CN2CSCC2=O)cc1. The molecule has 2 amide bonds. The molecule has 0 radical (unpaired) electrons. The van der Waals surface area contributed by atoms with Gasteiger partial charge in [0.1, 0.15) is 6.54 Å². The predicted octanol–water partition coefficient (Wildman–Crippen LogP) is 2.03. The van der Waals surface area contributed by atoms with E-state index in [0.717, 1.165) is 11.1 Å². The Morgan fingerprint density at radius 1 is 1.28 bits per heavy atom. The topological polar surface area (TPSA) is 75.7 Å². The first-order chi connectivity index (χ1) is 11.8. The first-order valence-electron chi connectivity index (χ1n) is 8.26. The molecule has 1 saturated heterocycles. The quantitative estimate of drug-likeness (QED) is 0.749. The van der Waals surface area contributed by atoms with E-state index in [0.29, 0.717) is 11.6 Å². The van der Waals surface area contributed by atoms with E-state index < -0.39 is 6.04 Å². The summed E-state index contributed by atoms with van der Waals surface area (Å²) >= 11 is 1.49. The molecule has 1 heterocycles. The van der Waals surface area contributed by atoms with Crippen LogP contribution in [-0.2, 0) is 19.1 Å². The first-order valence-corrected chi connectivity index (χ1v) is 9.41. The summed E-state index contributed by atoms with van der Waals surface area (Å²) in [5.41, 5.74) is 1.93. The van der Waals surface area contributed by atoms with Crippen LogP contribution in [0.15, 0.2) is 24.3 Å². The van der Waals surface area contributed by atoms with E-state index >= 15 is 0 Å². The Labute approximate surface area is 152 Å². The Hall–Kier alpha value is -2.02. The molecular weight excluding hydrogens is 340 g/mol. The maximum atomic E-state index is 12.3. The Morgan fingerprint density at radius 2 is 1.96 bits per heavy atom. The van der Waals surface area contributed by atoms with Crippen molar-refractivity contribution in [2.45, 2.75) is 39.3 Å². The number of hydrogen-bond donors (Lipinski definition) is 1. The molecule has 25 heavy (non-hydrogen) atoms. The monoisotopic (exact) mass is 364 g/mol. The van der Waals surface area contributed by atoms with Gasteiger partial charge in [-0.2, -0.15) is 0 Å². The molecule has 6 nitrogen and oxygen atoms in total. The lowest BCUT2D eigenvalue weighted by Gasteiger charge is -2.21. The minimum Gasteiger partial charge on any atom is -0.463 e. The van der Waals surface area contributed by atoms with Crippen LogP contribution < -0.4 is 5.32 Å². The van der Waals surface area contributed by atoms with Crippen molar-refractivity contribution in [2.75, 3.05) is 18.2 Å². The number of ether oxygens (including phenoxy) is 1. The van der Waals surface area contributed by atoms with Crippen LogP contribution in [-0.4, -0.2) is 47.0 Å². The van der Waals surface area contributed by atoms with Crippen molar-refractivity contribution in [3.05, 3.63) is 35.4 Å². The fourth-order valence-corrected chi connectivity index (χ4v) is 3.39. The second-order valence-electron chi connectivity index (χ2n) is 6.34. The number of nitrogens with one attached hydrogen (secondary N) is 1. The summed E-state index contributed by atoms with van der Waals surface area (Å²) in [4.78, 5) is 37.5. The zero-order valence-electron chi connectivity index (χ0n) is 14.8. The molecule has 136 valence electrons. The molecule has 1 fully saturated rings. The minimum atomic E-state index is -0.482. The molecule has 0 saturated carbocycles. The predicted molar refractivity (Wildman–Crippen MR) is 96.9 cm³/mol. The molecular formula is C18H24N2O4S. The molecule has 1 aromatic carbocycles. The van der Waals surface area contributed by atoms with Crippen LogP contribution in [0.3, 0.4) is 0 Å². The number of hydrogen-bond acceptors (Lipinski definition) is 5. The molecule has 1 atom stereocenters. The Bertz CT molecular complexity index is 630. The summed E-state index contributed by atoms with van der Waals surface area (Å²) in [6.07, 6.45) is -0.156. The lowest BCUT2D eigenvalue weighted by atomic mass is 10.0. The van der Waals surface area contributed by atoms with Crippen molar-refractivity contribution in [1.29, 1.82) is 0 Å². The molecule has 0 aliphatic carbocycles. The smallest absolute Gasteiger partial charge is 0.308 e. The van der Waals surface area contributed by atoms with E-state index in [1.54, 1.807) is 13.8 Å². The Morgan fingerprint density at radius 3 is 2.52 bits per heavy atom. The van der Waals surface area contributed by atoms with E-state index in [9.17, 15) is 14.4 Å². The number of esters is 1. The van der Waals surface area contributed by atoms with Gasteiger partial charge in [0, 0.05) is 0 Å². The highest BCUT2D eigenvalue weighted by molar-refractivity contribution is 8.00. The molecule has 1 aliphatic rings. The molecule has 1 unspecified atom stereocenters. The maximum absolute atomic E-state index is 12.3. The maximum Gasteiger partial charge on any atom is 0.308 e. The molecule has 7 heteroatoms. The van der Waals surface area contributed by atoms with Crippen LogP contribution in [0.25, 0.3) is 0 Å². The summed E-state index contributed by atoms with van der Waals surface area (Å²) in [5.74, 6) is 0.255. The van der Waals surface area contributed by atoms with Gasteiger partial charge >= 0.3 is 5.97 Å². The zero-order chi connectivity index (χ0) is 18.4. The molecule has 1 aliphatic heterocycles. The highest BCUT2D eigenvalue weighted by Gasteiger charge is 2.25. The van der Waals surface area contributed by atoms with E-state index in [2.05, 4.69) is 5.32 Å². The van der Waals surface area contributed by atoms with Crippen LogP contribution in [0.4, 0.5) is 0 Å². The number of amides is 2. The summed E-state index contributed by atoms with van der Waals surface area (Å²) < 4.78 is 5.20. The normalized spacial score (nSPS) is 15.4. The second-order valence-corrected chi connectivity index (χ2v) is 7.30. The summed E-state index contributed by atoms with van der Waals surface area (Å²) in [5, 5.41) is 2.86. The van der Waals surface area contributed by atoms with Gasteiger partial charge in [-0.1, -0.05) is 29.8 Å². The average molecular weight is 364 g/mol. The third-order valence-corrected chi connectivity index (χ3v) is 4.66. The second kappa shape index (κ2) is 8.89. The number of benzene rings is 1. The van der Waals surface area contributed by atoms with E-state index in [-0.39, 0.29) is 36.9 Å². The van der Waals surface area contributed by atoms with E-state index in [1.807, 2.05) is 31.2 Å². The fraction of sp³-hybridized carbons (Fsp3) is 0.500. The molecule has 0 spiro atoms. The molecule has 0 bridgehead atoms. The average Bonchev–Trinajstić information content (AvgIpc) is 2.91. The zero-order valence-corrected chi connectivity index (χ0v) is 15.6. The number of thioether (sulfide) groups is 1. The third kappa shape index (κ3) is 6.08. The summed E-state index contributed by atoms with van der Waals surface area (Å²) in [6.45, 7) is 5.55. The fourth-order valence-electron chi connectivity index (χ4n) is 2.48.